The summed E-state index contributed by atoms with van der Waals surface area (Å²) in [5.41, 5.74) is -0.505. The third-order valence-electron chi connectivity index (χ3n) is 3.72. The van der Waals surface area contributed by atoms with E-state index < -0.39 is 16.6 Å². The molecule has 6 nitrogen and oxygen atoms in total. The Bertz CT molecular complexity index is 548. The molecule has 21 heavy (non-hydrogen) atoms. The van der Waals surface area contributed by atoms with Crippen LogP contribution in [-0.4, -0.2) is 41.9 Å². The van der Waals surface area contributed by atoms with Gasteiger partial charge in [0.2, 0.25) is 0 Å². The molecule has 0 bridgehead atoms. The van der Waals surface area contributed by atoms with Crippen molar-refractivity contribution >= 4 is 11.6 Å². The number of likely N-dealkylation sites (tertiary alicyclic amines) is 1. The topological polar surface area (TPSA) is 75.5 Å². The fraction of sp³-hybridized carbons (Fsp3) is 0.500. The molecule has 114 valence electrons. The largest absolute Gasteiger partial charge is 0.334 e. The number of nitro groups is 1. The van der Waals surface area contributed by atoms with Gasteiger partial charge in [-0.25, -0.2) is 4.39 Å². The molecule has 0 aromatic heterocycles. The van der Waals surface area contributed by atoms with Crippen LogP contribution in [0, 0.1) is 15.9 Å². The summed E-state index contributed by atoms with van der Waals surface area (Å²) in [6.07, 6.45) is 2.74. The molecular formula is C14H18FN3O3. The number of carbonyl (C=O) groups is 1. The number of nitrogens with one attached hydrogen (secondary N) is 1. The zero-order valence-corrected chi connectivity index (χ0v) is 11.8. The molecular weight excluding hydrogens is 277 g/mol. The molecule has 1 fully saturated rings. The molecule has 1 unspecified atom stereocenters. The summed E-state index contributed by atoms with van der Waals surface area (Å²) in [4.78, 5) is 24.3. The highest BCUT2D eigenvalue weighted by molar-refractivity contribution is 5.95. The highest BCUT2D eigenvalue weighted by atomic mass is 19.1. The number of nitrogens with zero attached hydrogens (tertiary/aromatic N) is 2. The Hall–Kier alpha value is -2.02. The maximum absolute atomic E-state index is 13.9. The summed E-state index contributed by atoms with van der Waals surface area (Å²) >= 11 is 0. The molecule has 1 saturated heterocycles. The number of amides is 1. The average Bonchev–Trinajstić information content (AvgIpc) is 2.47. The number of benzene rings is 1. The lowest BCUT2D eigenvalue weighted by Crippen LogP contribution is -2.48. The minimum absolute atomic E-state index is 0.00471. The molecule has 1 aliphatic rings. The average molecular weight is 295 g/mol. The second-order valence-corrected chi connectivity index (χ2v) is 5.13. The van der Waals surface area contributed by atoms with E-state index >= 15 is 0 Å². The van der Waals surface area contributed by atoms with E-state index in [9.17, 15) is 19.3 Å². The first-order chi connectivity index (χ1) is 10.0. The fourth-order valence-corrected chi connectivity index (χ4v) is 2.66. The lowest BCUT2D eigenvalue weighted by Gasteiger charge is -2.35. The number of hydrogen-bond acceptors (Lipinski definition) is 4. The van der Waals surface area contributed by atoms with Gasteiger partial charge in [0.15, 0.2) is 0 Å². The summed E-state index contributed by atoms with van der Waals surface area (Å²) in [6.45, 7) is 1.18. The maximum Gasteiger partial charge on any atom is 0.270 e. The van der Waals surface area contributed by atoms with E-state index in [2.05, 4.69) is 5.32 Å². The highest BCUT2D eigenvalue weighted by Gasteiger charge is 2.29. The molecule has 0 saturated carbocycles. The Kier molecular flexibility index (Phi) is 4.85. The van der Waals surface area contributed by atoms with Crippen LogP contribution in [0.3, 0.4) is 0 Å². The molecule has 0 aliphatic carbocycles. The van der Waals surface area contributed by atoms with Crippen LogP contribution in [-0.2, 0) is 0 Å². The molecule has 2 rings (SSSR count). The predicted molar refractivity (Wildman–Crippen MR) is 75.7 cm³/mol. The smallest absolute Gasteiger partial charge is 0.270 e. The number of nitro benzene ring substituents is 1. The minimum Gasteiger partial charge on any atom is -0.334 e. The third kappa shape index (κ3) is 3.36. The van der Waals surface area contributed by atoms with Crippen LogP contribution in [0.2, 0.25) is 0 Å². The number of non-ortho nitro benzene ring substituents is 1. The van der Waals surface area contributed by atoms with Crippen molar-refractivity contribution in [1.29, 1.82) is 0 Å². The van der Waals surface area contributed by atoms with Gasteiger partial charge in [0, 0.05) is 31.3 Å². The van der Waals surface area contributed by atoms with Gasteiger partial charge in [-0.2, -0.15) is 0 Å². The van der Waals surface area contributed by atoms with E-state index in [1.165, 1.54) is 0 Å². The Morgan fingerprint density at radius 1 is 1.52 bits per heavy atom. The molecule has 7 heteroatoms. The van der Waals surface area contributed by atoms with Crippen LogP contribution >= 0.6 is 0 Å². The molecule has 0 radical (unpaired) electrons. The SMILES string of the molecule is CNCC1CCCCN1C(=O)c1cc([N+](=O)[O-])ccc1F. The molecule has 1 atom stereocenters. The highest BCUT2D eigenvalue weighted by Crippen LogP contribution is 2.23. The van der Waals surface area contributed by atoms with Crippen molar-refractivity contribution in [2.75, 3.05) is 20.1 Å². The zero-order chi connectivity index (χ0) is 15.4. The quantitative estimate of drug-likeness (QED) is 0.680. The number of rotatable bonds is 4. The standard InChI is InChI=1S/C14H18FN3O3/c1-16-9-11-4-2-3-7-17(11)14(19)12-8-10(18(20)21)5-6-13(12)15/h5-6,8,11,16H,2-4,7,9H2,1H3. The summed E-state index contributed by atoms with van der Waals surface area (Å²) in [5, 5.41) is 13.8. The lowest BCUT2D eigenvalue weighted by molar-refractivity contribution is -0.384. The van der Waals surface area contributed by atoms with E-state index in [1.54, 1.807) is 11.9 Å². The number of hydrogen-bond donors (Lipinski definition) is 1. The second-order valence-electron chi connectivity index (χ2n) is 5.13. The van der Waals surface area contributed by atoms with Crippen LogP contribution in [0.1, 0.15) is 29.6 Å². The second kappa shape index (κ2) is 6.62. The maximum atomic E-state index is 13.9. The van der Waals surface area contributed by atoms with Gasteiger partial charge in [0.1, 0.15) is 5.82 Å². The molecule has 1 heterocycles. The van der Waals surface area contributed by atoms with Gasteiger partial charge in [-0.05, 0) is 32.4 Å². The number of likely N-dealkylation sites (N-methyl/N-ethyl adjacent to an activating group) is 1. The summed E-state index contributed by atoms with van der Waals surface area (Å²) in [5.74, 6) is -1.20. The van der Waals surface area contributed by atoms with E-state index in [0.29, 0.717) is 13.1 Å². The van der Waals surface area contributed by atoms with Gasteiger partial charge >= 0.3 is 0 Å². The molecule has 1 aliphatic heterocycles. The fourth-order valence-electron chi connectivity index (χ4n) is 2.66. The van der Waals surface area contributed by atoms with Crippen molar-refractivity contribution in [3.05, 3.63) is 39.7 Å². The van der Waals surface area contributed by atoms with Gasteiger partial charge in [-0.3, -0.25) is 14.9 Å². The number of halogens is 1. The van der Waals surface area contributed by atoms with Crippen LogP contribution < -0.4 is 5.32 Å². The van der Waals surface area contributed by atoms with Gasteiger partial charge < -0.3 is 10.2 Å². The van der Waals surface area contributed by atoms with Crippen molar-refractivity contribution in [2.24, 2.45) is 0 Å². The number of carbonyl (C=O) groups excluding carboxylic acids is 1. The Morgan fingerprint density at radius 3 is 2.95 bits per heavy atom. The minimum atomic E-state index is -0.723. The Labute approximate surface area is 122 Å². The van der Waals surface area contributed by atoms with Crippen LogP contribution in [0.4, 0.5) is 10.1 Å². The predicted octanol–water partition coefficient (Wildman–Crippen LogP) is 1.95. The summed E-state index contributed by atoms with van der Waals surface area (Å²) < 4.78 is 13.9. The summed E-state index contributed by atoms with van der Waals surface area (Å²) in [6, 6.07) is 3.05. The van der Waals surface area contributed by atoms with Gasteiger partial charge in [-0.1, -0.05) is 0 Å². The van der Waals surface area contributed by atoms with Crippen LogP contribution in [0.25, 0.3) is 0 Å². The Balaban J connectivity index is 2.29. The van der Waals surface area contributed by atoms with Crippen molar-refractivity contribution in [1.82, 2.24) is 10.2 Å². The first-order valence-electron chi connectivity index (χ1n) is 6.94. The molecule has 1 aromatic rings. The van der Waals surface area contributed by atoms with Gasteiger partial charge in [0.05, 0.1) is 10.5 Å². The molecule has 1 aromatic carbocycles. The monoisotopic (exact) mass is 295 g/mol. The number of piperidine rings is 1. The van der Waals surface area contributed by atoms with E-state index in [-0.39, 0.29) is 17.3 Å². The van der Waals surface area contributed by atoms with Crippen molar-refractivity contribution in [2.45, 2.75) is 25.3 Å². The van der Waals surface area contributed by atoms with E-state index in [0.717, 1.165) is 37.5 Å². The lowest BCUT2D eigenvalue weighted by atomic mass is 10.0. The Morgan fingerprint density at radius 2 is 2.29 bits per heavy atom. The van der Waals surface area contributed by atoms with Crippen molar-refractivity contribution < 1.29 is 14.1 Å². The van der Waals surface area contributed by atoms with Gasteiger partial charge in [-0.15, -0.1) is 0 Å². The van der Waals surface area contributed by atoms with Crippen LogP contribution in [0.5, 0.6) is 0 Å². The zero-order valence-electron chi connectivity index (χ0n) is 11.8. The molecule has 0 spiro atoms. The van der Waals surface area contributed by atoms with Crippen LogP contribution in [0.15, 0.2) is 18.2 Å². The first-order valence-corrected chi connectivity index (χ1v) is 6.94. The normalized spacial score (nSPS) is 18.6. The summed E-state index contributed by atoms with van der Waals surface area (Å²) in [7, 11) is 1.80. The van der Waals surface area contributed by atoms with E-state index in [4.69, 9.17) is 0 Å². The first kappa shape index (κ1) is 15.4. The van der Waals surface area contributed by atoms with Gasteiger partial charge in [0.25, 0.3) is 11.6 Å². The van der Waals surface area contributed by atoms with Crippen molar-refractivity contribution in [3.63, 3.8) is 0 Å². The van der Waals surface area contributed by atoms with Crippen molar-refractivity contribution in [3.8, 4) is 0 Å². The third-order valence-corrected chi connectivity index (χ3v) is 3.72. The van der Waals surface area contributed by atoms with E-state index in [1.807, 2.05) is 0 Å². The molecule has 1 amide bonds. The molecule has 1 N–H and O–H groups in total.